The summed E-state index contributed by atoms with van der Waals surface area (Å²) in [5.74, 6) is 0.966. The number of aromatic nitrogens is 2. The second-order valence-electron chi connectivity index (χ2n) is 8.10. The van der Waals surface area contributed by atoms with Gasteiger partial charge in [-0.15, -0.1) is 5.10 Å². The molecule has 7 nitrogen and oxygen atoms in total. The molecule has 0 unspecified atom stereocenters. The zero-order valence-corrected chi connectivity index (χ0v) is 16.7. The zero-order chi connectivity index (χ0) is 19.9. The Balaban J connectivity index is 1.57. The molecule has 28 heavy (non-hydrogen) atoms. The number of hydrogen-bond donors (Lipinski definition) is 1. The van der Waals surface area contributed by atoms with Crippen molar-refractivity contribution in [1.82, 2.24) is 20.4 Å². The smallest absolute Gasteiger partial charge is 0.219 e. The first-order chi connectivity index (χ1) is 13.4. The van der Waals surface area contributed by atoms with Gasteiger partial charge in [0.25, 0.3) is 0 Å². The average molecular weight is 381 g/mol. The third-order valence-corrected chi connectivity index (χ3v) is 6.24. The van der Waals surface area contributed by atoms with E-state index in [1.165, 1.54) is 6.92 Å². The van der Waals surface area contributed by atoms with Crippen molar-refractivity contribution in [3.05, 3.63) is 30.0 Å². The fourth-order valence-electron chi connectivity index (χ4n) is 4.96. The van der Waals surface area contributed by atoms with Crippen LogP contribution in [-0.2, 0) is 9.59 Å². The predicted octanol–water partition coefficient (Wildman–Crippen LogP) is 2.03. The maximum atomic E-state index is 12.3. The number of piperidine rings is 1. The highest BCUT2D eigenvalue weighted by Gasteiger charge is 2.48. The van der Waals surface area contributed by atoms with Crippen molar-refractivity contribution in [2.75, 3.05) is 24.5 Å². The maximum absolute atomic E-state index is 12.3. The first-order valence-corrected chi connectivity index (χ1v) is 9.92. The lowest BCUT2D eigenvalue weighted by molar-refractivity contribution is -0.133. The van der Waals surface area contributed by atoms with Crippen LogP contribution >= 0.6 is 0 Å². The highest BCUT2D eigenvalue weighted by atomic mass is 16.2. The summed E-state index contributed by atoms with van der Waals surface area (Å²) in [5.41, 5.74) is 0.758. The van der Waals surface area contributed by atoms with Gasteiger partial charge in [-0.1, -0.05) is 24.3 Å². The van der Waals surface area contributed by atoms with E-state index in [1.807, 2.05) is 24.0 Å². The first kappa shape index (κ1) is 18.7. The number of anilines is 1. The number of likely N-dealkylation sites (tertiary alicyclic amines) is 1. The number of fused-ring (bicyclic) bond motifs is 1. The molecule has 1 spiro atoms. The predicted molar refractivity (Wildman–Crippen MR) is 108 cm³/mol. The van der Waals surface area contributed by atoms with Gasteiger partial charge >= 0.3 is 0 Å². The second-order valence-corrected chi connectivity index (χ2v) is 8.10. The molecule has 3 heterocycles. The van der Waals surface area contributed by atoms with Gasteiger partial charge < -0.3 is 15.1 Å². The lowest BCUT2D eigenvalue weighted by Gasteiger charge is -2.45. The summed E-state index contributed by atoms with van der Waals surface area (Å²) in [6.07, 6.45) is 2.55. The van der Waals surface area contributed by atoms with E-state index in [0.717, 1.165) is 54.6 Å². The van der Waals surface area contributed by atoms with Crippen molar-refractivity contribution >= 4 is 28.4 Å². The Morgan fingerprint density at radius 2 is 1.79 bits per heavy atom. The number of carbonyl (C=O) groups is 2. The van der Waals surface area contributed by atoms with Gasteiger partial charge in [-0.05, 0) is 26.2 Å². The minimum Gasteiger partial charge on any atom is -0.354 e. The number of nitrogens with one attached hydrogen (secondary N) is 1. The molecule has 0 aliphatic carbocycles. The van der Waals surface area contributed by atoms with Crippen LogP contribution in [0.5, 0.6) is 0 Å². The second kappa shape index (κ2) is 7.04. The van der Waals surface area contributed by atoms with Crippen molar-refractivity contribution in [2.45, 2.75) is 51.6 Å². The van der Waals surface area contributed by atoms with Gasteiger partial charge in [0.2, 0.25) is 11.8 Å². The standard InChI is InChI=1S/C21H27N5O2/c1-14-18-6-4-5-7-19(18)20(24-23-14)25-10-8-21(9-11-25)12-17(22-15(2)27)13-26(21)16(3)28/h4-7,17H,8-13H2,1-3H3,(H,22,27)/t17-/m0/s1. The molecule has 2 aromatic rings. The summed E-state index contributed by atoms with van der Waals surface area (Å²) in [7, 11) is 0. The maximum Gasteiger partial charge on any atom is 0.219 e. The molecular weight excluding hydrogens is 354 g/mol. The normalized spacial score (nSPS) is 21.3. The number of amides is 2. The van der Waals surface area contributed by atoms with Gasteiger partial charge in [0, 0.05) is 55.8 Å². The Kier molecular flexibility index (Phi) is 4.69. The molecule has 2 amide bonds. The molecule has 2 aliphatic rings. The van der Waals surface area contributed by atoms with Crippen molar-refractivity contribution in [1.29, 1.82) is 0 Å². The molecule has 0 saturated carbocycles. The summed E-state index contributed by atoms with van der Waals surface area (Å²) in [4.78, 5) is 28.0. The van der Waals surface area contributed by atoms with Crippen molar-refractivity contribution < 1.29 is 9.59 Å². The van der Waals surface area contributed by atoms with E-state index in [1.54, 1.807) is 6.92 Å². The number of rotatable bonds is 2. The van der Waals surface area contributed by atoms with Gasteiger partial charge in [0.15, 0.2) is 5.82 Å². The van der Waals surface area contributed by atoms with Crippen molar-refractivity contribution in [3.63, 3.8) is 0 Å². The number of carbonyl (C=O) groups excluding carboxylic acids is 2. The molecule has 148 valence electrons. The molecule has 2 fully saturated rings. The van der Waals surface area contributed by atoms with Crippen LogP contribution in [-0.4, -0.2) is 58.1 Å². The van der Waals surface area contributed by atoms with Crippen molar-refractivity contribution in [3.8, 4) is 0 Å². The largest absolute Gasteiger partial charge is 0.354 e. The molecule has 1 aromatic carbocycles. The van der Waals surface area contributed by atoms with Gasteiger partial charge in [-0.25, -0.2) is 0 Å². The molecule has 1 atom stereocenters. The van der Waals surface area contributed by atoms with Gasteiger partial charge in [-0.2, -0.15) is 5.10 Å². The number of nitrogens with zero attached hydrogens (tertiary/aromatic N) is 4. The van der Waals surface area contributed by atoms with Gasteiger partial charge in [0.1, 0.15) is 0 Å². The van der Waals surface area contributed by atoms with Crippen LogP contribution in [0.15, 0.2) is 24.3 Å². The summed E-state index contributed by atoms with van der Waals surface area (Å²) in [6, 6.07) is 8.28. The van der Waals surface area contributed by atoms with Gasteiger partial charge in [0.05, 0.1) is 5.69 Å². The quantitative estimate of drug-likeness (QED) is 0.861. The van der Waals surface area contributed by atoms with E-state index < -0.39 is 0 Å². The van der Waals surface area contributed by atoms with Crippen LogP contribution in [0.1, 0.15) is 38.8 Å². The number of aryl methyl sites for hydroxylation is 1. The third-order valence-electron chi connectivity index (χ3n) is 6.24. The molecule has 2 aliphatic heterocycles. The molecular formula is C21H27N5O2. The molecule has 7 heteroatoms. The average Bonchev–Trinajstić information content (AvgIpc) is 3.00. The highest BCUT2D eigenvalue weighted by Crippen LogP contribution is 2.40. The molecule has 0 radical (unpaired) electrons. The fourth-order valence-corrected chi connectivity index (χ4v) is 4.96. The fraction of sp³-hybridized carbons (Fsp3) is 0.524. The molecule has 1 aromatic heterocycles. The summed E-state index contributed by atoms with van der Waals surface area (Å²) in [6.45, 7) is 7.38. The minimum absolute atomic E-state index is 0.0351. The highest BCUT2D eigenvalue weighted by molar-refractivity contribution is 5.93. The summed E-state index contributed by atoms with van der Waals surface area (Å²) >= 11 is 0. The lowest BCUT2D eigenvalue weighted by atomic mass is 9.84. The monoisotopic (exact) mass is 381 g/mol. The summed E-state index contributed by atoms with van der Waals surface area (Å²) in [5, 5.41) is 14.1. The van der Waals surface area contributed by atoms with Gasteiger partial charge in [-0.3, -0.25) is 9.59 Å². The van der Waals surface area contributed by atoms with Crippen LogP contribution in [0.2, 0.25) is 0 Å². The summed E-state index contributed by atoms with van der Waals surface area (Å²) < 4.78 is 0. The molecule has 2 saturated heterocycles. The Morgan fingerprint density at radius 3 is 2.43 bits per heavy atom. The lowest BCUT2D eigenvalue weighted by Crippen LogP contribution is -2.53. The van der Waals surface area contributed by atoms with Crippen LogP contribution in [0, 0.1) is 6.92 Å². The van der Waals surface area contributed by atoms with E-state index in [0.29, 0.717) is 6.54 Å². The minimum atomic E-state index is -0.177. The van der Waals surface area contributed by atoms with E-state index in [2.05, 4.69) is 32.5 Å². The van der Waals surface area contributed by atoms with E-state index in [4.69, 9.17) is 0 Å². The topological polar surface area (TPSA) is 78.4 Å². The van der Waals surface area contributed by atoms with E-state index in [-0.39, 0.29) is 23.4 Å². The number of benzene rings is 1. The molecule has 4 rings (SSSR count). The third kappa shape index (κ3) is 3.19. The Bertz CT molecular complexity index is 920. The van der Waals surface area contributed by atoms with E-state index >= 15 is 0 Å². The molecule has 0 bridgehead atoms. The first-order valence-electron chi connectivity index (χ1n) is 9.92. The Hall–Kier alpha value is -2.70. The Morgan fingerprint density at radius 1 is 1.11 bits per heavy atom. The van der Waals surface area contributed by atoms with Crippen LogP contribution in [0.25, 0.3) is 10.8 Å². The van der Waals surface area contributed by atoms with Crippen molar-refractivity contribution in [2.24, 2.45) is 0 Å². The van der Waals surface area contributed by atoms with E-state index in [9.17, 15) is 9.59 Å². The van der Waals surface area contributed by atoms with Crippen LogP contribution in [0.4, 0.5) is 5.82 Å². The van der Waals surface area contributed by atoms with Crippen LogP contribution < -0.4 is 10.2 Å². The number of hydrogen-bond acceptors (Lipinski definition) is 5. The molecule has 1 N–H and O–H groups in total. The zero-order valence-electron chi connectivity index (χ0n) is 16.7. The Labute approximate surface area is 165 Å². The SMILES string of the molecule is CC(=O)N[C@@H]1CN(C(C)=O)C2(CCN(c3nnc(C)c4ccccc34)CC2)C1. The van der Waals surface area contributed by atoms with Crippen LogP contribution in [0.3, 0.4) is 0 Å².